The molecule has 154 valence electrons. The van der Waals surface area contributed by atoms with E-state index >= 15 is 0 Å². The van der Waals surface area contributed by atoms with Gasteiger partial charge in [0.2, 0.25) is 5.91 Å². The number of carbonyl (C=O) groups excluding carboxylic acids is 1. The van der Waals surface area contributed by atoms with Crippen LogP contribution >= 0.6 is 0 Å². The van der Waals surface area contributed by atoms with Gasteiger partial charge in [0.25, 0.3) is 0 Å². The van der Waals surface area contributed by atoms with E-state index in [9.17, 15) is 4.79 Å². The van der Waals surface area contributed by atoms with Crippen LogP contribution < -0.4 is 10.6 Å². The van der Waals surface area contributed by atoms with Crippen molar-refractivity contribution in [3.05, 3.63) is 0 Å². The van der Waals surface area contributed by atoms with Crippen molar-refractivity contribution < 1.29 is 4.79 Å². The van der Waals surface area contributed by atoms with Gasteiger partial charge in [-0.2, -0.15) is 0 Å². The van der Waals surface area contributed by atoms with E-state index in [1.807, 2.05) is 0 Å². The Bertz CT molecular complexity index is 459. The summed E-state index contributed by atoms with van der Waals surface area (Å²) in [5.74, 6) is 4.80. The third kappa shape index (κ3) is 5.28. The van der Waals surface area contributed by atoms with Gasteiger partial charge in [0.05, 0.1) is 0 Å². The minimum Gasteiger partial charge on any atom is -0.352 e. The number of hydrogen-bond donors (Lipinski definition) is 2. The first-order valence-electron chi connectivity index (χ1n) is 12.3. The Kier molecular flexibility index (Phi) is 7.13. The van der Waals surface area contributed by atoms with E-state index < -0.39 is 0 Å². The molecule has 0 aromatic rings. The molecule has 1 amide bonds. The molecule has 4 aliphatic rings. The maximum atomic E-state index is 12.7. The standard InChI is InChI=1S/C24H42N2O/c27-24(26-20-15-16-25-17-20)19-10-7-6-9-18(11-8-12-19)23-21-13-4-2-1-3-5-14-22(21)23/h18-23,25H,1-17H2,(H,26,27)/t18?,19?,20-,21?,22?,23?/m1/s1. The van der Waals surface area contributed by atoms with Crippen molar-refractivity contribution in [2.75, 3.05) is 13.1 Å². The maximum Gasteiger partial charge on any atom is 0.223 e. The van der Waals surface area contributed by atoms with Gasteiger partial charge in [-0.05, 0) is 62.3 Å². The molecule has 3 aliphatic carbocycles. The van der Waals surface area contributed by atoms with E-state index in [1.54, 1.807) is 0 Å². The third-order valence-electron chi connectivity index (χ3n) is 8.30. The summed E-state index contributed by atoms with van der Waals surface area (Å²) >= 11 is 0. The minimum absolute atomic E-state index is 0.278. The van der Waals surface area contributed by atoms with E-state index in [-0.39, 0.29) is 5.92 Å². The maximum absolute atomic E-state index is 12.7. The average molecular weight is 375 g/mol. The highest BCUT2D eigenvalue weighted by molar-refractivity contribution is 5.79. The van der Waals surface area contributed by atoms with Crippen LogP contribution in [-0.2, 0) is 4.79 Å². The van der Waals surface area contributed by atoms with Gasteiger partial charge in [0.15, 0.2) is 0 Å². The summed E-state index contributed by atoms with van der Waals surface area (Å²) in [6.07, 6.45) is 20.5. The molecule has 0 aromatic heterocycles. The van der Waals surface area contributed by atoms with Gasteiger partial charge < -0.3 is 10.6 Å². The summed E-state index contributed by atoms with van der Waals surface area (Å²) < 4.78 is 0. The first-order chi connectivity index (χ1) is 13.3. The molecule has 2 N–H and O–H groups in total. The monoisotopic (exact) mass is 374 g/mol. The molecular formula is C24H42N2O. The van der Waals surface area contributed by atoms with E-state index in [0.717, 1.165) is 56.0 Å². The number of rotatable bonds is 3. The molecule has 0 aromatic carbocycles. The van der Waals surface area contributed by atoms with Gasteiger partial charge in [-0.3, -0.25) is 4.79 Å². The van der Waals surface area contributed by atoms with Crippen molar-refractivity contribution in [1.82, 2.24) is 10.6 Å². The molecule has 4 rings (SSSR count). The molecule has 3 heteroatoms. The molecule has 0 radical (unpaired) electrons. The van der Waals surface area contributed by atoms with Gasteiger partial charge in [0.1, 0.15) is 0 Å². The molecule has 4 fully saturated rings. The van der Waals surface area contributed by atoms with Crippen LogP contribution in [0.2, 0.25) is 0 Å². The number of carbonyl (C=O) groups is 1. The van der Waals surface area contributed by atoms with E-state index in [2.05, 4.69) is 10.6 Å². The smallest absolute Gasteiger partial charge is 0.223 e. The number of fused-ring (bicyclic) bond motifs is 1. The van der Waals surface area contributed by atoms with Crippen molar-refractivity contribution in [1.29, 1.82) is 0 Å². The highest BCUT2D eigenvalue weighted by atomic mass is 16.1. The molecule has 1 aliphatic heterocycles. The summed E-state index contributed by atoms with van der Waals surface area (Å²) in [5.41, 5.74) is 0. The first kappa shape index (κ1) is 19.7. The Morgan fingerprint density at radius 1 is 0.704 bits per heavy atom. The lowest BCUT2D eigenvalue weighted by molar-refractivity contribution is -0.126. The van der Waals surface area contributed by atoms with Crippen LogP contribution in [0.3, 0.4) is 0 Å². The van der Waals surface area contributed by atoms with Gasteiger partial charge in [-0.25, -0.2) is 0 Å². The summed E-state index contributed by atoms with van der Waals surface area (Å²) in [6, 6.07) is 0.379. The van der Waals surface area contributed by atoms with Crippen LogP contribution in [-0.4, -0.2) is 25.0 Å². The van der Waals surface area contributed by atoms with Gasteiger partial charge in [-0.1, -0.05) is 64.2 Å². The zero-order valence-corrected chi connectivity index (χ0v) is 17.4. The predicted octanol–water partition coefficient (Wildman–Crippen LogP) is 5.05. The Hall–Kier alpha value is -0.570. The molecule has 1 saturated heterocycles. The lowest BCUT2D eigenvalue weighted by Gasteiger charge is -2.19. The Morgan fingerprint density at radius 3 is 2.07 bits per heavy atom. The van der Waals surface area contributed by atoms with Crippen molar-refractivity contribution in [2.45, 2.75) is 102 Å². The molecule has 0 spiro atoms. The molecule has 1 heterocycles. The second-order valence-electron chi connectivity index (χ2n) is 10.1. The molecule has 3 saturated carbocycles. The lowest BCUT2D eigenvalue weighted by Crippen LogP contribution is -2.40. The van der Waals surface area contributed by atoms with Gasteiger partial charge in [-0.15, -0.1) is 0 Å². The molecule has 27 heavy (non-hydrogen) atoms. The number of hydrogen-bond acceptors (Lipinski definition) is 2. The van der Waals surface area contributed by atoms with Crippen LogP contribution in [0.4, 0.5) is 0 Å². The zero-order valence-electron chi connectivity index (χ0n) is 17.4. The highest BCUT2D eigenvalue weighted by Crippen LogP contribution is 2.58. The van der Waals surface area contributed by atoms with E-state index in [1.165, 1.54) is 77.0 Å². The summed E-state index contributed by atoms with van der Waals surface area (Å²) in [7, 11) is 0. The van der Waals surface area contributed by atoms with Gasteiger partial charge >= 0.3 is 0 Å². The molecule has 4 unspecified atom stereocenters. The average Bonchev–Trinajstić information content (AvgIpc) is 3.10. The van der Waals surface area contributed by atoms with Crippen LogP contribution in [0.15, 0.2) is 0 Å². The topological polar surface area (TPSA) is 41.1 Å². The summed E-state index contributed by atoms with van der Waals surface area (Å²) in [4.78, 5) is 12.7. The third-order valence-corrected chi connectivity index (χ3v) is 8.30. The summed E-state index contributed by atoms with van der Waals surface area (Å²) in [6.45, 7) is 2.02. The highest BCUT2D eigenvalue weighted by Gasteiger charge is 2.51. The fourth-order valence-electron chi connectivity index (χ4n) is 6.73. The molecule has 5 atom stereocenters. The van der Waals surface area contributed by atoms with Crippen molar-refractivity contribution >= 4 is 5.91 Å². The Morgan fingerprint density at radius 2 is 1.33 bits per heavy atom. The second-order valence-corrected chi connectivity index (χ2v) is 10.1. The quantitative estimate of drug-likeness (QED) is 0.726. The minimum atomic E-state index is 0.278. The zero-order chi connectivity index (χ0) is 18.5. The Labute approximate surface area is 166 Å². The van der Waals surface area contributed by atoms with Crippen molar-refractivity contribution in [2.24, 2.45) is 29.6 Å². The van der Waals surface area contributed by atoms with Crippen LogP contribution in [0.25, 0.3) is 0 Å². The normalized spacial score (nSPS) is 41.0. The van der Waals surface area contributed by atoms with E-state index in [0.29, 0.717) is 11.9 Å². The fraction of sp³-hybridized carbons (Fsp3) is 0.958. The summed E-state index contributed by atoms with van der Waals surface area (Å²) in [5, 5.41) is 6.68. The SMILES string of the molecule is O=C(N[C@@H]1CCNC1)C1CCCCC(C2C3CCCCCCCC32)CCC1. The van der Waals surface area contributed by atoms with Crippen molar-refractivity contribution in [3.8, 4) is 0 Å². The van der Waals surface area contributed by atoms with Crippen LogP contribution in [0.5, 0.6) is 0 Å². The number of nitrogens with one attached hydrogen (secondary N) is 2. The largest absolute Gasteiger partial charge is 0.352 e. The lowest BCUT2D eigenvalue weighted by atomic mass is 9.88. The Balaban J connectivity index is 1.26. The predicted molar refractivity (Wildman–Crippen MR) is 112 cm³/mol. The van der Waals surface area contributed by atoms with Crippen LogP contribution in [0.1, 0.15) is 96.3 Å². The molecular weight excluding hydrogens is 332 g/mol. The fourth-order valence-corrected chi connectivity index (χ4v) is 6.73. The second kappa shape index (κ2) is 9.76. The van der Waals surface area contributed by atoms with Crippen molar-refractivity contribution in [3.63, 3.8) is 0 Å². The molecule has 0 bridgehead atoms. The number of amides is 1. The van der Waals surface area contributed by atoms with Crippen LogP contribution in [0, 0.1) is 29.6 Å². The van der Waals surface area contributed by atoms with Gasteiger partial charge in [0, 0.05) is 18.5 Å². The first-order valence-corrected chi connectivity index (χ1v) is 12.3. The molecule has 3 nitrogen and oxygen atoms in total. The van der Waals surface area contributed by atoms with E-state index in [4.69, 9.17) is 0 Å².